The van der Waals surface area contributed by atoms with Crippen molar-refractivity contribution in [3.8, 4) is 0 Å². The summed E-state index contributed by atoms with van der Waals surface area (Å²) >= 11 is 6.10. The average Bonchev–Trinajstić information content (AvgIpc) is 3.17. The standard InChI is InChI=1S/C20H20ClN3O4S2/c1-29(25,26)10-9-24-18-8-7-14(21)11-16(18)22-20(24)13-23-12-19(30(2,27)28)15-5-3-4-6-17(15)23/h3-8,11-12H,9-10,13H2,1-2H3. The SMILES string of the molecule is CS(=O)(=O)CCn1c(Cn2cc(S(C)(=O)=O)c3ccccc32)nc2cc(Cl)ccc21. The lowest BCUT2D eigenvalue weighted by Crippen LogP contribution is -2.15. The molecule has 0 fully saturated rings. The highest BCUT2D eigenvalue weighted by molar-refractivity contribution is 7.91. The zero-order chi connectivity index (χ0) is 21.7. The molecule has 0 N–H and O–H groups in total. The number of hydrogen-bond donors (Lipinski definition) is 0. The first-order valence-electron chi connectivity index (χ1n) is 9.13. The molecule has 0 aliphatic heterocycles. The normalized spacial score (nSPS) is 12.8. The van der Waals surface area contributed by atoms with E-state index in [1.54, 1.807) is 30.5 Å². The topological polar surface area (TPSA) is 91.0 Å². The van der Waals surface area contributed by atoms with Gasteiger partial charge in [0, 0.05) is 41.2 Å². The molecule has 4 aromatic rings. The molecule has 0 aliphatic rings. The second-order valence-corrected chi connectivity index (χ2v) is 12.0. The highest BCUT2D eigenvalue weighted by atomic mass is 35.5. The monoisotopic (exact) mass is 465 g/mol. The van der Waals surface area contributed by atoms with Crippen LogP contribution in [0.5, 0.6) is 0 Å². The number of imidazole rings is 1. The number of halogens is 1. The maximum absolute atomic E-state index is 12.3. The van der Waals surface area contributed by atoms with E-state index in [1.165, 1.54) is 12.5 Å². The van der Waals surface area contributed by atoms with Crippen molar-refractivity contribution in [2.24, 2.45) is 0 Å². The Labute approximate surface area is 179 Å². The Morgan fingerprint density at radius 2 is 1.73 bits per heavy atom. The lowest BCUT2D eigenvalue weighted by Gasteiger charge is -2.10. The molecule has 10 heteroatoms. The number of aromatic nitrogens is 3. The van der Waals surface area contributed by atoms with Gasteiger partial charge in [-0.25, -0.2) is 21.8 Å². The molecular weight excluding hydrogens is 446 g/mol. The van der Waals surface area contributed by atoms with Crippen molar-refractivity contribution >= 4 is 53.2 Å². The second-order valence-electron chi connectivity index (χ2n) is 7.35. The molecule has 30 heavy (non-hydrogen) atoms. The first kappa shape index (κ1) is 20.9. The Balaban J connectivity index is 1.86. The smallest absolute Gasteiger partial charge is 0.177 e. The van der Waals surface area contributed by atoms with Gasteiger partial charge < -0.3 is 9.13 Å². The lowest BCUT2D eigenvalue weighted by atomic mass is 10.2. The van der Waals surface area contributed by atoms with Crippen LogP contribution < -0.4 is 0 Å². The summed E-state index contributed by atoms with van der Waals surface area (Å²) in [7, 11) is -6.59. The number of nitrogens with zero attached hydrogens (tertiary/aromatic N) is 3. The van der Waals surface area contributed by atoms with Crippen LogP contribution in [0.3, 0.4) is 0 Å². The molecule has 0 spiro atoms. The predicted molar refractivity (Wildman–Crippen MR) is 119 cm³/mol. The molecule has 0 aliphatic carbocycles. The Kier molecular flexibility index (Phi) is 5.16. The Bertz CT molecular complexity index is 1490. The van der Waals surface area contributed by atoms with Crippen LogP contribution in [0, 0.1) is 0 Å². The minimum absolute atomic E-state index is 0.0326. The maximum atomic E-state index is 12.3. The number of aryl methyl sites for hydroxylation is 1. The lowest BCUT2D eigenvalue weighted by molar-refractivity contribution is 0.591. The molecule has 0 unspecified atom stereocenters. The van der Waals surface area contributed by atoms with Gasteiger partial charge in [0.15, 0.2) is 9.84 Å². The van der Waals surface area contributed by atoms with E-state index in [9.17, 15) is 16.8 Å². The van der Waals surface area contributed by atoms with E-state index < -0.39 is 19.7 Å². The van der Waals surface area contributed by atoms with Gasteiger partial charge in [0.25, 0.3) is 0 Å². The van der Waals surface area contributed by atoms with Crippen molar-refractivity contribution in [2.75, 3.05) is 18.3 Å². The number of sulfone groups is 2. The van der Waals surface area contributed by atoms with Crippen LogP contribution in [-0.4, -0.2) is 49.2 Å². The van der Waals surface area contributed by atoms with E-state index in [2.05, 4.69) is 4.98 Å². The van der Waals surface area contributed by atoms with Crippen molar-refractivity contribution in [1.82, 2.24) is 14.1 Å². The van der Waals surface area contributed by atoms with Crippen molar-refractivity contribution in [2.45, 2.75) is 18.0 Å². The molecule has 2 aromatic heterocycles. The van der Waals surface area contributed by atoms with Crippen LogP contribution in [0.1, 0.15) is 5.82 Å². The summed E-state index contributed by atoms with van der Waals surface area (Å²) in [5, 5.41) is 1.18. The third-order valence-corrected chi connectivity index (χ3v) is 7.22. The van der Waals surface area contributed by atoms with Gasteiger partial charge in [-0.05, 0) is 24.3 Å². The molecule has 158 valence electrons. The molecule has 0 saturated heterocycles. The van der Waals surface area contributed by atoms with Crippen molar-refractivity contribution < 1.29 is 16.8 Å². The van der Waals surface area contributed by atoms with Gasteiger partial charge in [0.2, 0.25) is 0 Å². The predicted octanol–water partition coefficient (Wildman–Crippen LogP) is 3.14. The molecule has 2 heterocycles. The Morgan fingerprint density at radius 1 is 1.00 bits per heavy atom. The van der Waals surface area contributed by atoms with Gasteiger partial charge in [-0.1, -0.05) is 29.8 Å². The highest BCUT2D eigenvalue weighted by Crippen LogP contribution is 2.27. The Morgan fingerprint density at radius 3 is 2.43 bits per heavy atom. The summed E-state index contributed by atoms with van der Waals surface area (Å²) in [5.41, 5.74) is 2.20. The van der Waals surface area contributed by atoms with Gasteiger partial charge in [0.1, 0.15) is 15.7 Å². The number of rotatable bonds is 6. The first-order chi connectivity index (χ1) is 14.0. The maximum Gasteiger partial charge on any atom is 0.177 e. The summed E-state index contributed by atoms with van der Waals surface area (Å²) in [6.45, 7) is 0.524. The number of fused-ring (bicyclic) bond motifs is 2. The molecule has 0 atom stereocenters. The summed E-state index contributed by atoms with van der Waals surface area (Å²) in [4.78, 5) is 4.91. The van der Waals surface area contributed by atoms with E-state index in [0.29, 0.717) is 21.7 Å². The molecule has 4 rings (SSSR count). The van der Waals surface area contributed by atoms with Crippen molar-refractivity contribution in [3.63, 3.8) is 0 Å². The van der Waals surface area contributed by atoms with E-state index in [4.69, 9.17) is 11.6 Å². The molecule has 0 amide bonds. The number of benzene rings is 2. The van der Waals surface area contributed by atoms with E-state index in [0.717, 1.165) is 11.0 Å². The molecular formula is C20H20ClN3O4S2. The summed E-state index contributed by atoms with van der Waals surface area (Å²) < 4.78 is 51.7. The third-order valence-electron chi connectivity index (χ3n) is 4.94. The molecule has 7 nitrogen and oxygen atoms in total. The third kappa shape index (κ3) is 4.10. The fourth-order valence-corrected chi connectivity index (χ4v) is 5.14. The van der Waals surface area contributed by atoms with Crippen molar-refractivity contribution in [3.05, 3.63) is 59.5 Å². The first-order valence-corrected chi connectivity index (χ1v) is 13.5. The van der Waals surface area contributed by atoms with Crippen LogP contribution in [0.15, 0.2) is 53.6 Å². The quantitative estimate of drug-likeness (QED) is 0.436. The fraction of sp³-hybridized carbons (Fsp3) is 0.250. The van der Waals surface area contributed by atoms with Crippen LogP contribution in [0.25, 0.3) is 21.9 Å². The summed E-state index contributed by atoms with van der Waals surface area (Å²) in [6, 6.07) is 12.5. The molecule has 0 saturated carbocycles. The largest absolute Gasteiger partial charge is 0.339 e. The van der Waals surface area contributed by atoms with Crippen LogP contribution in [-0.2, 0) is 32.8 Å². The zero-order valence-electron chi connectivity index (χ0n) is 16.4. The summed E-state index contributed by atoms with van der Waals surface area (Å²) in [5.74, 6) is 0.589. The summed E-state index contributed by atoms with van der Waals surface area (Å²) in [6.07, 6.45) is 3.98. The molecule has 2 aromatic carbocycles. The van der Waals surface area contributed by atoms with Crippen LogP contribution in [0.2, 0.25) is 5.02 Å². The minimum Gasteiger partial charge on any atom is -0.339 e. The minimum atomic E-state index is -3.42. The second kappa shape index (κ2) is 7.40. The van der Waals surface area contributed by atoms with Crippen LogP contribution in [0.4, 0.5) is 0 Å². The van der Waals surface area contributed by atoms with Crippen LogP contribution >= 0.6 is 11.6 Å². The van der Waals surface area contributed by atoms with E-state index in [-0.39, 0.29) is 23.7 Å². The van der Waals surface area contributed by atoms with Crippen molar-refractivity contribution in [1.29, 1.82) is 0 Å². The number of hydrogen-bond acceptors (Lipinski definition) is 5. The Hall–Kier alpha value is -2.36. The van der Waals surface area contributed by atoms with Gasteiger partial charge in [-0.2, -0.15) is 0 Å². The van der Waals surface area contributed by atoms with E-state index in [1.807, 2.05) is 27.3 Å². The fourth-order valence-electron chi connectivity index (χ4n) is 3.57. The number of para-hydroxylation sites is 1. The molecule has 0 radical (unpaired) electrons. The highest BCUT2D eigenvalue weighted by Gasteiger charge is 2.19. The van der Waals surface area contributed by atoms with Gasteiger partial charge in [-0.15, -0.1) is 0 Å². The zero-order valence-corrected chi connectivity index (χ0v) is 18.8. The van der Waals surface area contributed by atoms with Gasteiger partial charge in [0.05, 0.1) is 28.2 Å². The van der Waals surface area contributed by atoms with E-state index >= 15 is 0 Å². The average molecular weight is 466 g/mol. The van der Waals surface area contributed by atoms with Gasteiger partial charge >= 0.3 is 0 Å². The van der Waals surface area contributed by atoms with Gasteiger partial charge in [-0.3, -0.25) is 0 Å². The molecule has 0 bridgehead atoms.